The maximum absolute atomic E-state index is 9.06. The first-order valence-electron chi connectivity index (χ1n) is 5.55. The maximum atomic E-state index is 9.06. The predicted octanol–water partition coefficient (Wildman–Crippen LogP) is -0.162. The van der Waals surface area contributed by atoms with E-state index in [1.165, 1.54) is 6.21 Å². The number of ether oxygens (including phenoxy) is 1. The third kappa shape index (κ3) is 4.09. The molecule has 0 amide bonds. The number of rotatable bonds is 6. The van der Waals surface area contributed by atoms with E-state index >= 15 is 0 Å². The summed E-state index contributed by atoms with van der Waals surface area (Å²) in [4.78, 5) is 0. The van der Waals surface area contributed by atoms with E-state index in [1.54, 1.807) is 18.2 Å². The van der Waals surface area contributed by atoms with Crippen LogP contribution in [0, 0.1) is 0 Å². The standard InChI is InChI=1S/C11H17BN2O3/c1-2-3-6-17-11-5-4-10(12(15)16)7-9(11)8-14-13/h4-5,7-8,15-16H,2-3,6,13H2,1H3. The predicted molar refractivity (Wildman–Crippen MR) is 68.5 cm³/mol. The first-order chi connectivity index (χ1) is 8.19. The zero-order valence-electron chi connectivity index (χ0n) is 9.84. The molecule has 6 heteroatoms. The summed E-state index contributed by atoms with van der Waals surface area (Å²) >= 11 is 0. The zero-order chi connectivity index (χ0) is 12.7. The fraction of sp³-hybridized carbons (Fsp3) is 0.364. The Hall–Kier alpha value is -1.53. The van der Waals surface area contributed by atoms with E-state index in [1.807, 2.05) is 0 Å². The molecule has 0 fully saturated rings. The minimum atomic E-state index is -1.51. The molecule has 0 aromatic heterocycles. The summed E-state index contributed by atoms with van der Waals surface area (Å²) in [5.41, 5.74) is 1.01. The molecule has 17 heavy (non-hydrogen) atoms. The van der Waals surface area contributed by atoms with Crippen LogP contribution in [0.2, 0.25) is 0 Å². The molecule has 0 atom stereocenters. The van der Waals surface area contributed by atoms with Crippen molar-refractivity contribution in [3.8, 4) is 5.75 Å². The van der Waals surface area contributed by atoms with Gasteiger partial charge >= 0.3 is 7.12 Å². The van der Waals surface area contributed by atoms with Gasteiger partial charge in [0.15, 0.2) is 0 Å². The van der Waals surface area contributed by atoms with E-state index in [0.29, 0.717) is 23.4 Å². The van der Waals surface area contributed by atoms with Gasteiger partial charge in [-0.25, -0.2) is 0 Å². The molecule has 0 saturated carbocycles. The first kappa shape index (κ1) is 13.5. The Labute approximate surface area is 101 Å². The minimum absolute atomic E-state index is 0.378. The van der Waals surface area contributed by atoms with Gasteiger partial charge in [-0.2, -0.15) is 5.10 Å². The zero-order valence-corrected chi connectivity index (χ0v) is 9.84. The van der Waals surface area contributed by atoms with E-state index in [4.69, 9.17) is 20.6 Å². The summed E-state index contributed by atoms with van der Waals surface area (Å²) < 4.78 is 5.55. The number of unbranched alkanes of at least 4 members (excludes halogenated alkanes) is 1. The molecule has 0 bridgehead atoms. The average molecular weight is 236 g/mol. The Morgan fingerprint density at radius 1 is 1.47 bits per heavy atom. The van der Waals surface area contributed by atoms with E-state index < -0.39 is 7.12 Å². The normalized spacial score (nSPS) is 10.8. The fourth-order valence-electron chi connectivity index (χ4n) is 1.37. The van der Waals surface area contributed by atoms with Crippen molar-refractivity contribution in [2.75, 3.05) is 6.61 Å². The Bertz CT molecular complexity index is 383. The minimum Gasteiger partial charge on any atom is -0.493 e. The molecule has 1 rings (SSSR count). The fourth-order valence-corrected chi connectivity index (χ4v) is 1.37. The van der Waals surface area contributed by atoms with Gasteiger partial charge in [-0.1, -0.05) is 19.4 Å². The van der Waals surface area contributed by atoms with Crippen LogP contribution in [0.25, 0.3) is 0 Å². The Kier molecular flexibility index (Phi) is 5.52. The largest absolute Gasteiger partial charge is 0.493 e. The van der Waals surface area contributed by atoms with Gasteiger partial charge in [0, 0.05) is 5.56 Å². The summed E-state index contributed by atoms with van der Waals surface area (Å²) in [5, 5.41) is 21.5. The molecule has 0 radical (unpaired) electrons. The van der Waals surface area contributed by atoms with Crippen LogP contribution in [-0.2, 0) is 0 Å². The highest BCUT2D eigenvalue weighted by molar-refractivity contribution is 6.58. The van der Waals surface area contributed by atoms with E-state index in [9.17, 15) is 0 Å². The second-order valence-corrected chi connectivity index (χ2v) is 3.65. The SMILES string of the molecule is CCCCOc1ccc(B(O)O)cc1C=NN. The number of hydrogen-bond acceptors (Lipinski definition) is 5. The van der Waals surface area contributed by atoms with E-state index in [-0.39, 0.29) is 0 Å². The van der Waals surface area contributed by atoms with Gasteiger partial charge in [-0.05, 0) is 24.0 Å². The van der Waals surface area contributed by atoms with Gasteiger partial charge in [0.25, 0.3) is 0 Å². The first-order valence-corrected chi connectivity index (χ1v) is 5.55. The van der Waals surface area contributed by atoms with Gasteiger partial charge in [-0.15, -0.1) is 0 Å². The van der Waals surface area contributed by atoms with Crippen LogP contribution in [0.15, 0.2) is 23.3 Å². The van der Waals surface area contributed by atoms with Crippen LogP contribution in [0.4, 0.5) is 0 Å². The Balaban J connectivity index is 2.88. The summed E-state index contributed by atoms with van der Waals surface area (Å²) in [7, 11) is -1.51. The number of nitrogens with zero attached hydrogens (tertiary/aromatic N) is 1. The molecule has 0 heterocycles. The van der Waals surface area contributed by atoms with Crippen molar-refractivity contribution in [2.24, 2.45) is 10.9 Å². The highest BCUT2D eigenvalue weighted by atomic mass is 16.5. The third-order valence-electron chi connectivity index (χ3n) is 2.30. The molecule has 0 aliphatic carbocycles. The number of benzene rings is 1. The van der Waals surface area contributed by atoms with Crippen LogP contribution < -0.4 is 16.0 Å². The van der Waals surface area contributed by atoms with Crippen molar-refractivity contribution in [1.29, 1.82) is 0 Å². The number of nitrogens with two attached hydrogens (primary N) is 1. The lowest BCUT2D eigenvalue weighted by molar-refractivity contribution is 0.309. The summed E-state index contributed by atoms with van der Waals surface area (Å²) in [6.07, 6.45) is 3.44. The second kappa shape index (κ2) is 6.93. The molecule has 92 valence electrons. The summed E-state index contributed by atoms with van der Waals surface area (Å²) in [6.45, 7) is 2.69. The van der Waals surface area contributed by atoms with Gasteiger partial charge in [0.05, 0.1) is 12.8 Å². The van der Waals surface area contributed by atoms with E-state index in [0.717, 1.165) is 12.8 Å². The lowest BCUT2D eigenvalue weighted by Gasteiger charge is -2.10. The molecule has 0 spiro atoms. The highest BCUT2D eigenvalue weighted by Gasteiger charge is 2.13. The highest BCUT2D eigenvalue weighted by Crippen LogP contribution is 2.15. The van der Waals surface area contributed by atoms with Gasteiger partial charge in [0.1, 0.15) is 5.75 Å². The topological polar surface area (TPSA) is 88.1 Å². The van der Waals surface area contributed by atoms with Crippen molar-refractivity contribution in [1.82, 2.24) is 0 Å². The quantitative estimate of drug-likeness (QED) is 0.210. The van der Waals surface area contributed by atoms with Gasteiger partial charge in [0.2, 0.25) is 0 Å². The molecule has 4 N–H and O–H groups in total. The molecular formula is C11H17BN2O3. The van der Waals surface area contributed by atoms with Crippen molar-refractivity contribution in [3.63, 3.8) is 0 Å². The molecule has 0 aliphatic rings. The molecule has 5 nitrogen and oxygen atoms in total. The van der Waals surface area contributed by atoms with Gasteiger partial charge in [-0.3, -0.25) is 0 Å². The van der Waals surface area contributed by atoms with Crippen LogP contribution >= 0.6 is 0 Å². The van der Waals surface area contributed by atoms with E-state index in [2.05, 4.69) is 12.0 Å². The average Bonchev–Trinajstić information content (AvgIpc) is 2.31. The summed E-state index contributed by atoms with van der Waals surface area (Å²) in [5.74, 6) is 5.74. The van der Waals surface area contributed by atoms with Crippen molar-refractivity contribution >= 4 is 18.8 Å². The van der Waals surface area contributed by atoms with Gasteiger partial charge < -0.3 is 20.6 Å². The summed E-state index contributed by atoms with van der Waals surface area (Å²) in [6, 6.07) is 4.86. The lowest BCUT2D eigenvalue weighted by Crippen LogP contribution is -2.30. The van der Waals surface area contributed by atoms with Crippen molar-refractivity contribution in [2.45, 2.75) is 19.8 Å². The van der Waals surface area contributed by atoms with Crippen LogP contribution in [0.3, 0.4) is 0 Å². The maximum Gasteiger partial charge on any atom is 0.488 e. The number of hydrogen-bond donors (Lipinski definition) is 3. The molecular weight excluding hydrogens is 219 g/mol. The number of hydrazone groups is 1. The third-order valence-corrected chi connectivity index (χ3v) is 2.30. The molecule has 0 saturated heterocycles. The molecule has 0 unspecified atom stereocenters. The Morgan fingerprint density at radius 3 is 2.82 bits per heavy atom. The second-order valence-electron chi connectivity index (χ2n) is 3.65. The van der Waals surface area contributed by atoms with Crippen molar-refractivity contribution < 1.29 is 14.8 Å². The monoisotopic (exact) mass is 236 g/mol. The molecule has 1 aromatic rings. The van der Waals surface area contributed by atoms with Crippen LogP contribution in [-0.4, -0.2) is 30.0 Å². The van der Waals surface area contributed by atoms with Crippen LogP contribution in [0.1, 0.15) is 25.3 Å². The molecule has 0 aliphatic heterocycles. The Morgan fingerprint density at radius 2 is 2.24 bits per heavy atom. The lowest BCUT2D eigenvalue weighted by atomic mass is 9.79. The van der Waals surface area contributed by atoms with Crippen LogP contribution in [0.5, 0.6) is 5.75 Å². The smallest absolute Gasteiger partial charge is 0.488 e. The molecule has 1 aromatic carbocycles. The van der Waals surface area contributed by atoms with Crippen molar-refractivity contribution in [3.05, 3.63) is 23.8 Å².